The van der Waals surface area contributed by atoms with E-state index < -0.39 is 30.1 Å². The maximum atomic E-state index is 11.4. The fraction of sp³-hybridized carbons (Fsp3) is 0.500. The van der Waals surface area contributed by atoms with Crippen molar-refractivity contribution >= 4 is 43.2 Å². The number of hydrogen-bond acceptors (Lipinski definition) is 10. The highest BCUT2D eigenvalue weighted by molar-refractivity contribution is 7.81. The fourth-order valence-corrected chi connectivity index (χ4v) is 0.891. The molecule has 0 saturated carbocycles. The molecule has 0 heterocycles. The van der Waals surface area contributed by atoms with Crippen LogP contribution >= 0.6 is 25.3 Å². The summed E-state index contributed by atoms with van der Waals surface area (Å²) in [6.45, 7) is 0.823. The van der Waals surface area contributed by atoms with Gasteiger partial charge in [0.15, 0.2) is 5.76 Å². The van der Waals surface area contributed by atoms with Gasteiger partial charge in [-0.15, -0.1) is 0 Å². The van der Waals surface area contributed by atoms with Crippen LogP contribution in [-0.4, -0.2) is 54.2 Å². The van der Waals surface area contributed by atoms with Crippen molar-refractivity contribution in [1.29, 1.82) is 0 Å². The molecule has 0 aromatic heterocycles. The van der Waals surface area contributed by atoms with E-state index in [1.165, 1.54) is 0 Å². The highest BCUT2D eigenvalue weighted by Crippen LogP contribution is 2.06. The van der Waals surface area contributed by atoms with Crippen LogP contribution in [0.2, 0.25) is 0 Å². The van der Waals surface area contributed by atoms with Crippen molar-refractivity contribution in [3.8, 4) is 0 Å². The van der Waals surface area contributed by atoms with Crippen LogP contribution in [-0.2, 0) is 33.3 Å². The lowest BCUT2D eigenvalue weighted by molar-refractivity contribution is -0.254. The molecule has 114 valence electrons. The van der Waals surface area contributed by atoms with E-state index in [1.807, 2.05) is 0 Å². The third-order valence-electron chi connectivity index (χ3n) is 1.51. The topological polar surface area (TPSA) is 108 Å². The Hall–Kier alpha value is -1.39. The van der Waals surface area contributed by atoms with E-state index in [2.05, 4.69) is 50.8 Å². The zero-order valence-corrected chi connectivity index (χ0v) is 12.1. The predicted molar refractivity (Wildman–Crippen MR) is 71.9 cm³/mol. The van der Waals surface area contributed by atoms with E-state index in [0.29, 0.717) is 0 Å². The van der Waals surface area contributed by atoms with E-state index in [0.717, 1.165) is 0 Å². The summed E-state index contributed by atoms with van der Waals surface area (Å²) in [5.74, 6) is -3.95. The highest BCUT2D eigenvalue weighted by Gasteiger charge is 2.24. The predicted octanol–water partition coefficient (Wildman–Crippen LogP) is -0.718. The Morgan fingerprint density at radius 2 is 1.55 bits per heavy atom. The Morgan fingerprint density at radius 1 is 1.05 bits per heavy atom. The quantitative estimate of drug-likeness (QED) is 0.167. The Morgan fingerprint density at radius 3 is 1.95 bits per heavy atom. The zero-order chi connectivity index (χ0) is 15.5. The molecule has 1 N–H and O–H groups in total. The molecule has 0 rings (SSSR count). The number of ether oxygens (including phenoxy) is 4. The van der Waals surface area contributed by atoms with Gasteiger partial charge in [-0.05, 0) is 6.58 Å². The number of esters is 3. The summed E-state index contributed by atoms with van der Waals surface area (Å²) >= 11 is 7.28. The largest absolute Gasteiger partial charge is 0.485 e. The van der Waals surface area contributed by atoms with Gasteiger partial charge in [0.05, 0.1) is 18.1 Å². The maximum absolute atomic E-state index is 11.4. The minimum Gasteiger partial charge on any atom is -0.485 e. The molecule has 0 aliphatic heterocycles. The average Bonchev–Trinajstić information content (AvgIpc) is 2.43. The summed E-state index contributed by atoms with van der Waals surface area (Å²) in [6, 6.07) is 0. The van der Waals surface area contributed by atoms with Crippen molar-refractivity contribution in [3.05, 3.63) is 12.3 Å². The van der Waals surface area contributed by atoms with Crippen LogP contribution in [0.25, 0.3) is 0 Å². The molecular weight excluding hydrogens is 312 g/mol. The molecule has 10 heteroatoms. The lowest BCUT2D eigenvalue weighted by Crippen LogP contribution is -2.31. The van der Waals surface area contributed by atoms with Crippen molar-refractivity contribution in [2.45, 2.75) is 6.48 Å². The summed E-state index contributed by atoms with van der Waals surface area (Å²) in [5.41, 5.74) is 0. The van der Waals surface area contributed by atoms with Crippen molar-refractivity contribution in [1.82, 2.24) is 0 Å². The molecule has 0 aromatic rings. The standard InChI is InChI=1S/C10H14O8S2/c1-6(15-3-2-11)9(14)18-10(16-7(12)4-19)17-8(13)5-20/h10-11,19-20H,1-5H2. The second kappa shape index (κ2) is 10.4. The second-order valence-corrected chi connectivity index (χ2v) is 3.62. The molecule has 0 aliphatic carbocycles. The van der Waals surface area contributed by atoms with Crippen LogP contribution in [0.15, 0.2) is 12.3 Å². The first-order chi connectivity index (χ1) is 9.44. The molecule has 0 unspecified atom stereocenters. The van der Waals surface area contributed by atoms with Gasteiger partial charge < -0.3 is 24.1 Å². The number of rotatable bonds is 9. The van der Waals surface area contributed by atoms with Crippen molar-refractivity contribution in [3.63, 3.8) is 0 Å². The van der Waals surface area contributed by atoms with Gasteiger partial charge in [0.2, 0.25) is 0 Å². The van der Waals surface area contributed by atoms with Crippen molar-refractivity contribution < 1.29 is 38.4 Å². The van der Waals surface area contributed by atoms with Gasteiger partial charge in [-0.2, -0.15) is 25.3 Å². The van der Waals surface area contributed by atoms with Crippen LogP contribution in [0.1, 0.15) is 0 Å². The van der Waals surface area contributed by atoms with Crippen LogP contribution in [0.3, 0.4) is 0 Å². The number of carbonyl (C=O) groups excluding carboxylic acids is 3. The second-order valence-electron chi connectivity index (χ2n) is 2.99. The fourth-order valence-electron chi connectivity index (χ4n) is 0.742. The van der Waals surface area contributed by atoms with Gasteiger partial charge in [0.25, 0.3) is 0 Å². The lowest BCUT2D eigenvalue weighted by atomic mass is 10.5. The summed E-state index contributed by atoms with van der Waals surface area (Å²) < 4.78 is 18.3. The van der Waals surface area contributed by atoms with Crippen molar-refractivity contribution in [2.24, 2.45) is 0 Å². The minimum atomic E-state index is -1.89. The Labute approximate surface area is 125 Å². The molecule has 0 amide bonds. The summed E-state index contributed by atoms with van der Waals surface area (Å²) in [6.07, 6.45) is 0. The van der Waals surface area contributed by atoms with Gasteiger partial charge in [-0.25, -0.2) is 4.79 Å². The van der Waals surface area contributed by atoms with Gasteiger partial charge in [-0.3, -0.25) is 9.59 Å². The molecule has 0 aliphatic rings. The van der Waals surface area contributed by atoms with Crippen LogP contribution < -0.4 is 0 Å². The van der Waals surface area contributed by atoms with E-state index in [4.69, 9.17) is 5.11 Å². The Bertz CT molecular complexity index is 352. The first kappa shape index (κ1) is 18.6. The number of thiol groups is 2. The normalized spacial score (nSPS) is 9.80. The molecule has 0 saturated heterocycles. The average molecular weight is 326 g/mol. The van der Waals surface area contributed by atoms with Gasteiger partial charge in [0, 0.05) is 0 Å². The summed E-state index contributed by atoms with van der Waals surface area (Å²) in [5, 5.41) is 8.51. The lowest BCUT2D eigenvalue weighted by Gasteiger charge is -2.17. The number of aliphatic hydroxyl groups is 1. The Balaban J connectivity index is 4.53. The molecule has 8 nitrogen and oxygen atoms in total. The minimum absolute atomic E-state index is 0.175. The number of carbonyl (C=O) groups is 3. The molecular formula is C10H14O8S2. The molecule has 20 heavy (non-hydrogen) atoms. The van der Waals surface area contributed by atoms with Gasteiger partial charge >= 0.3 is 24.4 Å². The van der Waals surface area contributed by atoms with E-state index >= 15 is 0 Å². The first-order valence-corrected chi connectivity index (χ1v) is 6.45. The van der Waals surface area contributed by atoms with E-state index in [1.54, 1.807) is 0 Å². The molecule has 0 fully saturated rings. The monoisotopic (exact) mass is 326 g/mol. The smallest absolute Gasteiger partial charge is 0.413 e. The summed E-state index contributed by atoms with van der Waals surface area (Å²) in [7, 11) is 0. The van der Waals surface area contributed by atoms with Crippen molar-refractivity contribution in [2.75, 3.05) is 24.7 Å². The molecule has 0 atom stereocenters. The third-order valence-corrected chi connectivity index (χ3v) is 2.03. The Kier molecular flexibility index (Phi) is 9.68. The highest BCUT2D eigenvalue weighted by atomic mass is 32.1. The van der Waals surface area contributed by atoms with Crippen LogP contribution in [0.5, 0.6) is 0 Å². The molecule has 0 spiro atoms. The van der Waals surface area contributed by atoms with E-state index in [-0.39, 0.29) is 24.7 Å². The van der Waals surface area contributed by atoms with Gasteiger partial charge in [0.1, 0.15) is 6.61 Å². The van der Waals surface area contributed by atoms with Crippen LogP contribution in [0.4, 0.5) is 0 Å². The number of hydrogen-bond donors (Lipinski definition) is 3. The molecule has 0 bridgehead atoms. The van der Waals surface area contributed by atoms with Crippen LogP contribution in [0, 0.1) is 0 Å². The number of aliphatic hydroxyl groups excluding tert-OH is 1. The zero-order valence-electron chi connectivity index (χ0n) is 10.3. The summed E-state index contributed by atoms with van der Waals surface area (Å²) in [4.78, 5) is 33.5. The molecule has 0 aromatic carbocycles. The SMILES string of the molecule is C=C(OCCO)C(=O)OC(OC(=O)CS)OC(=O)CS. The third kappa shape index (κ3) is 7.92. The van der Waals surface area contributed by atoms with E-state index in [9.17, 15) is 14.4 Å². The maximum Gasteiger partial charge on any atom is 0.413 e. The molecule has 0 radical (unpaired) electrons. The van der Waals surface area contributed by atoms with Gasteiger partial charge in [-0.1, -0.05) is 0 Å². The first-order valence-electron chi connectivity index (χ1n) is 5.18.